The molecule has 2 heterocycles. The summed E-state index contributed by atoms with van der Waals surface area (Å²) in [5, 5.41) is 2.22. The van der Waals surface area contributed by atoms with E-state index in [1.54, 1.807) is 12.1 Å². The minimum atomic E-state index is -3.58. The van der Waals surface area contributed by atoms with Gasteiger partial charge in [-0.3, -0.25) is 10.1 Å². The lowest BCUT2D eigenvalue weighted by Gasteiger charge is -2.41. The van der Waals surface area contributed by atoms with Crippen molar-refractivity contribution in [1.29, 1.82) is 0 Å². The summed E-state index contributed by atoms with van der Waals surface area (Å²) in [6.45, 7) is 2.45. The first-order valence-electron chi connectivity index (χ1n) is 11.9. The van der Waals surface area contributed by atoms with Crippen molar-refractivity contribution in [2.24, 2.45) is 11.8 Å². The summed E-state index contributed by atoms with van der Waals surface area (Å²) in [6.07, 6.45) is 3.87. The number of hydrogen-bond acceptors (Lipinski definition) is 6. The third-order valence-electron chi connectivity index (χ3n) is 6.57. The van der Waals surface area contributed by atoms with Crippen molar-refractivity contribution in [3.63, 3.8) is 0 Å². The molecule has 2 aliphatic heterocycles. The summed E-state index contributed by atoms with van der Waals surface area (Å²) in [5.74, 6) is -0.0449. The summed E-state index contributed by atoms with van der Waals surface area (Å²) in [6, 6.07) is 3.76. The first-order valence-corrected chi connectivity index (χ1v) is 13.5. The van der Waals surface area contributed by atoms with E-state index in [0.29, 0.717) is 43.9 Å². The van der Waals surface area contributed by atoms with Gasteiger partial charge in [0.2, 0.25) is 15.9 Å². The highest BCUT2D eigenvalue weighted by molar-refractivity contribution is 7.89. The van der Waals surface area contributed by atoms with Crippen LogP contribution in [-0.2, 0) is 14.8 Å². The van der Waals surface area contributed by atoms with Crippen molar-refractivity contribution in [3.05, 3.63) is 29.6 Å². The molecular formula is C23H33FN4O5S. The van der Waals surface area contributed by atoms with E-state index in [1.165, 1.54) is 11.0 Å². The zero-order chi connectivity index (χ0) is 24.3. The Bertz CT molecular complexity index is 1010. The van der Waals surface area contributed by atoms with Gasteiger partial charge in [0.15, 0.2) is 11.6 Å². The minimum absolute atomic E-state index is 0.0383. The van der Waals surface area contributed by atoms with Gasteiger partial charge < -0.3 is 14.5 Å². The lowest BCUT2D eigenvalue weighted by atomic mass is 9.88. The Kier molecular flexibility index (Phi) is 7.73. The van der Waals surface area contributed by atoms with Crippen LogP contribution in [0.3, 0.4) is 0 Å². The number of sulfonamides is 1. The van der Waals surface area contributed by atoms with Crippen LogP contribution in [0.15, 0.2) is 18.2 Å². The largest absolute Gasteiger partial charge is 0.490 e. The van der Waals surface area contributed by atoms with Crippen LogP contribution in [0.25, 0.3) is 0 Å². The van der Waals surface area contributed by atoms with Crippen LogP contribution in [-0.4, -0.2) is 75.7 Å². The maximum absolute atomic E-state index is 14.3. The number of amides is 3. The van der Waals surface area contributed by atoms with Crippen LogP contribution in [0.4, 0.5) is 9.18 Å². The van der Waals surface area contributed by atoms with Crippen molar-refractivity contribution >= 4 is 22.0 Å². The number of likely N-dealkylation sites (tertiary alicyclic amines) is 1. The predicted octanol–water partition coefficient (Wildman–Crippen LogP) is 1.86. The molecule has 3 amide bonds. The number of ether oxygens (including phenoxy) is 1. The molecule has 2 saturated heterocycles. The molecule has 1 saturated carbocycles. The van der Waals surface area contributed by atoms with Crippen molar-refractivity contribution in [2.45, 2.75) is 38.1 Å². The molecule has 0 spiro atoms. The molecule has 34 heavy (non-hydrogen) atoms. The minimum Gasteiger partial charge on any atom is -0.490 e. The van der Waals surface area contributed by atoms with Gasteiger partial charge in [-0.05, 0) is 56.3 Å². The number of rotatable bonds is 13. The molecule has 3 aliphatic rings. The van der Waals surface area contributed by atoms with Crippen LogP contribution in [0.5, 0.6) is 5.75 Å². The van der Waals surface area contributed by atoms with Crippen molar-refractivity contribution in [3.8, 4) is 5.75 Å². The van der Waals surface area contributed by atoms with Gasteiger partial charge in [0.25, 0.3) is 0 Å². The zero-order valence-corrected chi connectivity index (χ0v) is 20.3. The van der Waals surface area contributed by atoms with Crippen LogP contribution in [0, 0.1) is 17.7 Å². The van der Waals surface area contributed by atoms with Gasteiger partial charge in [-0.2, -0.15) is 0 Å². The third-order valence-corrected chi connectivity index (χ3v) is 8.00. The van der Waals surface area contributed by atoms with E-state index in [0.717, 1.165) is 25.9 Å². The number of benzene rings is 1. The molecule has 4 rings (SSSR count). The molecule has 0 bridgehead atoms. The first kappa shape index (κ1) is 24.9. The standard InChI is InChI=1S/C23H33FN4O5S/c1-27-12-18(13-27)22(17-7-8-19(24)20(11-17)33-15-16-5-6-16)26-34(31,32)10-4-2-3-9-28-14-21(29)25-23(28)30/h7-8,11,16,18,22,26H,2-6,9-10,12-15H2,1H3,(H,25,29,30). The Balaban J connectivity index is 1.32. The number of urea groups is 1. The lowest BCUT2D eigenvalue weighted by Crippen LogP contribution is -2.51. The van der Waals surface area contributed by atoms with Crippen LogP contribution >= 0.6 is 0 Å². The van der Waals surface area contributed by atoms with Crippen molar-refractivity contribution in [1.82, 2.24) is 19.8 Å². The van der Waals surface area contributed by atoms with E-state index in [1.807, 2.05) is 7.05 Å². The number of halogens is 1. The summed E-state index contributed by atoms with van der Waals surface area (Å²) in [7, 11) is -1.60. The van der Waals surface area contributed by atoms with Gasteiger partial charge in [-0.25, -0.2) is 22.3 Å². The van der Waals surface area contributed by atoms with Crippen molar-refractivity contribution < 1.29 is 27.1 Å². The SMILES string of the molecule is CN1CC(C(NS(=O)(=O)CCCCCN2CC(=O)NC2=O)c2ccc(F)c(OCC3CC3)c2)C1. The van der Waals surface area contributed by atoms with E-state index in [2.05, 4.69) is 14.9 Å². The topological polar surface area (TPSA) is 108 Å². The van der Waals surface area contributed by atoms with Crippen LogP contribution in [0.2, 0.25) is 0 Å². The highest BCUT2D eigenvalue weighted by atomic mass is 32.2. The average molecular weight is 497 g/mol. The lowest BCUT2D eigenvalue weighted by molar-refractivity contribution is -0.118. The van der Waals surface area contributed by atoms with Gasteiger partial charge in [0.05, 0.1) is 18.4 Å². The molecule has 0 radical (unpaired) electrons. The molecule has 11 heteroatoms. The fraction of sp³-hybridized carbons (Fsp3) is 0.652. The molecule has 1 atom stereocenters. The molecule has 188 valence electrons. The Hall–Kier alpha value is -2.24. The van der Waals surface area contributed by atoms with E-state index >= 15 is 0 Å². The van der Waals surface area contributed by atoms with Crippen molar-refractivity contribution in [2.75, 3.05) is 45.6 Å². The number of imide groups is 1. The number of unbranched alkanes of at least 4 members (excludes halogenated alkanes) is 2. The average Bonchev–Trinajstić information content (AvgIpc) is 3.52. The Morgan fingerprint density at radius 3 is 2.62 bits per heavy atom. The number of carbonyl (C=O) groups excluding carboxylic acids is 2. The van der Waals surface area contributed by atoms with E-state index in [4.69, 9.17) is 4.74 Å². The van der Waals surface area contributed by atoms with E-state index < -0.39 is 27.9 Å². The molecule has 0 aromatic heterocycles. The second-order valence-corrected chi connectivity index (χ2v) is 11.5. The summed E-state index contributed by atoms with van der Waals surface area (Å²) in [5.41, 5.74) is 0.707. The summed E-state index contributed by atoms with van der Waals surface area (Å²) >= 11 is 0. The predicted molar refractivity (Wildman–Crippen MR) is 124 cm³/mol. The van der Waals surface area contributed by atoms with Crippen LogP contribution in [0.1, 0.15) is 43.7 Å². The van der Waals surface area contributed by atoms with Gasteiger partial charge in [0, 0.05) is 25.6 Å². The molecule has 1 unspecified atom stereocenters. The summed E-state index contributed by atoms with van der Waals surface area (Å²) < 4.78 is 48.6. The highest BCUT2D eigenvalue weighted by Gasteiger charge is 2.35. The number of nitrogens with zero attached hydrogens (tertiary/aromatic N) is 2. The highest BCUT2D eigenvalue weighted by Crippen LogP contribution is 2.34. The molecule has 9 nitrogen and oxygen atoms in total. The number of carbonyl (C=O) groups is 2. The van der Waals surface area contributed by atoms with E-state index in [9.17, 15) is 22.4 Å². The van der Waals surface area contributed by atoms with Gasteiger partial charge in [0.1, 0.15) is 6.54 Å². The van der Waals surface area contributed by atoms with Gasteiger partial charge in [-0.1, -0.05) is 12.5 Å². The fourth-order valence-electron chi connectivity index (χ4n) is 4.40. The molecule has 3 fully saturated rings. The molecule has 1 aromatic rings. The number of hydrogen-bond donors (Lipinski definition) is 2. The first-order chi connectivity index (χ1) is 16.2. The molecule has 1 aliphatic carbocycles. The second kappa shape index (κ2) is 10.6. The fourth-order valence-corrected chi connectivity index (χ4v) is 5.82. The third kappa shape index (κ3) is 6.67. The van der Waals surface area contributed by atoms with Gasteiger partial charge >= 0.3 is 6.03 Å². The zero-order valence-electron chi connectivity index (χ0n) is 19.5. The molecule has 2 N–H and O–H groups in total. The van der Waals surface area contributed by atoms with E-state index in [-0.39, 0.29) is 29.9 Å². The Morgan fingerprint density at radius 1 is 1.21 bits per heavy atom. The van der Waals surface area contributed by atoms with Gasteiger partial charge in [-0.15, -0.1) is 0 Å². The number of nitrogens with one attached hydrogen (secondary N) is 2. The Labute approximate surface area is 200 Å². The molecular weight excluding hydrogens is 463 g/mol. The summed E-state index contributed by atoms with van der Waals surface area (Å²) in [4.78, 5) is 26.3. The Morgan fingerprint density at radius 2 is 1.97 bits per heavy atom. The monoisotopic (exact) mass is 496 g/mol. The van der Waals surface area contributed by atoms with Crippen LogP contribution < -0.4 is 14.8 Å². The maximum atomic E-state index is 14.3. The molecule has 1 aromatic carbocycles. The smallest absolute Gasteiger partial charge is 0.324 e. The quantitative estimate of drug-likeness (QED) is 0.319. The second-order valence-electron chi connectivity index (χ2n) is 9.68. The maximum Gasteiger partial charge on any atom is 0.324 e. The normalized spacial score (nSPS) is 20.4.